The van der Waals surface area contributed by atoms with E-state index in [1.807, 2.05) is 0 Å². The lowest BCUT2D eigenvalue weighted by Crippen LogP contribution is -2.33. The number of aryl methyl sites for hydroxylation is 1. The maximum atomic E-state index is 11.3. The summed E-state index contributed by atoms with van der Waals surface area (Å²) in [6.45, 7) is 3.49. The van der Waals surface area contributed by atoms with Crippen molar-refractivity contribution in [3.8, 4) is 0 Å². The second kappa shape index (κ2) is 3.80. The maximum Gasteiger partial charge on any atom is 0.238 e. The van der Waals surface area contributed by atoms with Crippen molar-refractivity contribution in [2.45, 2.75) is 19.9 Å². The van der Waals surface area contributed by atoms with Gasteiger partial charge in [0.25, 0.3) is 0 Å². The molecular weight excluding hydrogens is 176 g/mol. The van der Waals surface area contributed by atoms with Crippen LogP contribution in [0.3, 0.4) is 0 Å². The number of nitrogens with one attached hydrogen (secondary N) is 1. The zero-order valence-electron chi connectivity index (χ0n) is 8.29. The van der Waals surface area contributed by atoms with Gasteiger partial charge < -0.3 is 0 Å². The Labute approximate surface area is 83.7 Å². The maximum absolute atomic E-state index is 11.3. The standard InChI is InChI=1S/C11H14N2O/c1-9-2-4-10(5-3-9)8-13-11(14)6-7-12-13/h2-5,12H,6-8H2,1H3. The van der Waals surface area contributed by atoms with Crippen LogP contribution in [0.25, 0.3) is 0 Å². The molecule has 0 spiro atoms. The molecule has 1 heterocycles. The van der Waals surface area contributed by atoms with Crippen molar-refractivity contribution in [2.75, 3.05) is 6.54 Å². The lowest BCUT2D eigenvalue weighted by Gasteiger charge is -2.15. The summed E-state index contributed by atoms with van der Waals surface area (Å²) in [5, 5.41) is 1.69. The summed E-state index contributed by atoms with van der Waals surface area (Å²) in [5.41, 5.74) is 5.46. The molecule has 0 atom stereocenters. The molecule has 0 bridgehead atoms. The summed E-state index contributed by atoms with van der Waals surface area (Å²) in [5.74, 6) is 0.186. The van der Waals surface area contributed by atoms with Gasteiger partial charge in [0.2, 0.25) is 5.91 Å². The molecule has 74 valence electrons. The average molecular weight is 190 g/mol. The van der Waals surface area contributed by atoms with Crippen molar-refractivity contribution >= 4 is 5.91 Å². The van der Waals surface area contributed by atoms with Crippen LogP contribution < -0.4 is 5.43 Å². The number of hydrogen-bond donors (Lipinski definition) is 1. The van der Waals surface area contributed by atoms with Crippen LogP contribution in [0.4, 0.5) is 0 Å². The first-order valence-electron chi connectivity index (χ1n) is 4.85. The van der Waals surface area contributed by atoms with Crippen LogP contribution in [-0.4, -0.2) is 17.5 Å². The van der Waals surface area contributed by atoms with Crippen LogP contribution in [0.15, 0.2) is 24.3 Å². The van der Waals surface area contributed by atoms with Crippen molar-refractivity contribution in [3.05, 3.63) is 35.4 Å². The van der Waals surface area contributed by atoms with E-state index in [1.54, 1.807) is 5.01 Å². The molecule has 1 N–H and O–H groups in total. The zero-order chi connectivity index (χ0) is 9.97. The molecule has 1 saturated heterocycles. The molecule has 0 unspecified atom stereocenters. The van der Waals surface area contributed by atoms with Gasteiger partial charge in [0, 0.05) is 13.0 Å². The van der Waals surface area contributed by atoms with Gasteiger partial charge in [-0.25, -0.2) is 5.43 Å². The largest absolute Gasteiger partial charge is 0.274 e. The highest BCUT2D eigenvalue weighted by molar-refractivity contribution is 5.77. The highest BCUT2D eigenvalue weighted by Gasteiger charge is 2.19. The minimum atomic E-state index is 0.186. The minimum absolute atomic E-state index is 0.186. The first-order valence-corrected chi connectivity index (χ1v) is 4.85. The van der Waals surface area contributed by atoms with Crippen LogP contribution >= 0.6 is 0 Å². The number of rotatable bonds is 2. The van der Waals surface area contributed by atoms with Crippen molar-refractivity contribution < 1.29 is 4.79 Å². The smallest absolute Gasteiger partial charge is 0.238 e. The summed E-state index contributed by atoms with van der Waals surface area (Å²) >= 11 is 0. The van der Waals surface area contributed by atoms with E-state index in [0.29, 0.717) is 13.0 Å². The normalized spacial score (nSPS) is 16.4. The van der Waals surface area contributed by atoms with E-state index in [2.05, 4.69) is 36.6 Å². The molecule has 1 aliphatic rings. The zero-order valence-corrected chi connectivity index (χ0v) is 8.29. The number of carbonyl (C=O) groups excluding carboxylic acids is 1. The predicted molar refractivity (Wildman–Crippen MR) is 54.3 cm³/mol. The van der Waals surface area contributed by atoms with E-state index in [0.717, 1.165) is 6.54 Å². The molecule has 1 aromatic rings. The molecule has 2 rings (SSSR count). The number of benzene rings is 1. The van der Waals surface area contributed by atoms with E-state index < -0.39 is 0 Å². The quantitative estimate of drug-likeness (QED) is 0.760. The first-order chi connectivity index (χ1) is 6.75. The van der Waals surface area contributed by atoms with Crippen molar-refractivity contribution in [1.82, 2.24) is 10.4 Å². The van der Waals surface area contributed by atoms with Gasteiger partial charge in [0.1, 0.15) is 0 Å². The molecular formula is C11H14N2O. The van der Waals surface area contributed by atoms with Gasteiger partial charge in [-0.3, -0.25) is 9.80 Å². The SMILES string of the molecule is Cc1ccc(CN2NCCC2=O)cc1. The van der Waals surface area contributed by atoms with Gasteiger partial charge in [-0.15, -0.1) is 0 Å². The van der Waals surface area contributed by atoms with Gasteiger partial charge in [-0.2, -0.15) is 0 Å². The lowest BCUT2D eigenvalue weighted by molar-refractivity contribution is -0.130. The van der Waals surface area contributed by atoms with E-state index >= 15 is 0 Å². The van der Waals surface area contributed by atoms with Crippen LogP contribution in [-0.2, 0) is 11.3 Å². The fourth-order valence-electron chi connectivity index (χ4n) is 1.54. The van der Waals surface area contributed by atoms with E-state index in [-0.39, 0.29) is 5.91 Å². The number of hydrogen-bond acceptors (Lipinski definition) is 2. The van der Waals surface area contributed by atoms with E-state index in [1.165, 1.54) is 11.1 Å². The van der Waals surface area contributed by atoms with Gasteiger partial charge in [-0.1, -0.05) is 29.8 Å². The minimum Gasteiger partial charge on any atom is -0.274 e. The second-order valence-corrected chi connectivity index (χ2v) is 3.62. The highest BCUT2D eigenvalue weighted by atomic mass is 16.2. The van der Waals surface area contributed by atoms with Crippen molar-refractivity contribution in [1.29, 1.82) is 0 Å². The Morgan fingerprint density at radius 2 is 2.07 bits per heavy atom. The molecule has 1 fully saturated rings. The molecule has 14 heavy (non-hydrogen) atoms. The molecule has 0 saturated carbocycles. The highest BCUT2D eigenvalue weighted by Crippen LogP contribution is 2.08. The topological polar surface area (TPSA) is 32.3 Å². The predicted octanol–water partition coefficient (Wildman–Crippen LogP) is 1.23. The second-order valence-electron chi connectivity index (χ2n) is 3.62. The molecule has 0 aliphatic carbocycles. The fourth-order valence-corrected chi connectivity index (χ4v) is 1.54. The molecule has 3 heteroatoms. The fraction of sp³-hybridized carbons (Fsp3) is 0.364. The van der Waals surface area contributed by atoms with Crippen LogP contribution in [0.5, 0.6) is 0 Å². The summed E-state index contributed by atoms with van der Waals surface area (Å²) in [6, 6.07) is 8.25. The Hall–Kier alpha value is -1.35. The first kappa shape index (κ1) is 9.21. The number of hydrazine groups is 1. The van der Waals surface area contributed by atoms with Crippen molar-refractivity contribution in [2.24, 2.45) is 0 Å². The van der Waals surface area contributed by atoms with E-state index in [4.69, 9.17) is 0 Å². The molecule has 0 radical (unpaired) electrons. The van der Waals surface area contributed by atoms with Gasteiger partial charge in [-0.05, 0) is 12.5 Å². The van der Waals surface area contributed by atoms with Gasteiger partial charge >= 0.3 is 0 Å². The molecule has 3 nitrogen and oxygen atoms in total. The van der Waals surface area contributed by atoms with Gasteiger partial charge in [0.15, 0.2) is 0 Å². The number of amides is 1. The monoisotopic (exact) mass is 190 g/mol. The summed E-state index contributed by atoms with van der Waals surface area (Å²) in [7, 11) is 0. The summed E-state index contributed by atoms with van der Waals surface area (Å²) in [6.07, 6.45) is 0.617. The van der Waals surface area contributed by atoms with Crippen LogP contribution in [0, 0.1) is 6.92 Å². The Morgan fingerprint density at radius 1 is 1.36 bits per heavy atom. The van der Waals surface area contributed by atoms with Gasteiger partial charge in [0.05, 0.1) is 6.54 Å². The third-order valence-electron chi connectivity index (χ3n) is 2.40. The number of carbonyl (C=O) groups is 1. The lowest BCUT2D eigenvalue weighted by atomic mass is 10.1. The Morgan fingerprint density at radius 3 is 2.64 bits per heavy atom. The third kappa shape index (κ3) is 1.93. The van der Waals surface area contributed by atoms with Crippen molar-refractivity contribution in [3.63, 3.8) is 0 Å². The molecule has 1 aromatic carbocycles. The Kier molecular flexibility index (Phi) is 2.50. The average Bonchev–Trinajstić information content (AvgIpc) is 2.56. The van der Waals surface area contributed by atoms with Crippen LogP contribution in [0.1, 0.15) is 17.5 Å². The Balaban J connectivity index is 2.03. The number of nitrogens with zero attached hydrogens (tertiary/aromatic N) is 1. The molecule has 1 aliphatic heterocycles. The van der Waals surface area contributed by atoms with E-state index in [9.17, 15) is 4.79 Å². The molecule has 0 aromatic heterocycles. The summed E-state index contributed by atoms with van der Waals surface area (Å²) in [4.78, 5) is 11.3. The molecule has 1 amide bonds. The Bertz CT molecular complexity index is 332. The van der Waals surface area contributed by atoms with Crippen LogP contribution in [0.2, 0.25) is 0 Å². The third-order valence-corrected chi connectivity index (χ3v) is 2.40. The summed E-state index contributed by atoms with van der Waals surface area (Å²) < 4.78 is 0.